The summed E-state index contributed by atoms with van der Waals surface area (Å²) in [4.78, 5) is 6.44. The first-order chi connectivity index (χ1) is 14.5. The molecule has 0 radical (unpaired) electrons. The Kier molecular flexibility index (Phi) is 10.0. The van der Waals surface area contributed by atoms with Gasteiger partial charge in [-0.05, 0) is 49.1 Å². The molecule has 0 heterocycles. The number of benzene rings is 2. The van der Waals surface area contributed by atoms with E-state index in [1.165, 1.54) is 16.8 Å². The predicted molar refractivity (Wildman–Crippen MR) is 126 cm³/mol. The third-order valence-corrected chi connectivity index (χ3v) is 4.82. The molecule has 2 N–H and O–H groups in total. The molecule has 0 amide bonds. The number of methoxy groups -OCH3 is 1. The van der Waals surface area contributed by atoms with Gasteiger partial charge in [0.05, 0.1) is 6.61 Å². The summed E-state index contributed by atoms with van der Waals surface area (Å²) < 4.78 is 10.9. The highest BCUT2D eigenvalue weighted by atomic mass is 16.5. The van der Waals surface area contributed by atoms with Gasteiger partial charge in [0.1, 0.15) is 12.4 Å². The Labute approximate surface area is 181 Å². The van der Waals surface area contributed by atoms with E-state index in [9.17, 15) is 0 Å². The van der Waals surface area contributed by atoms with Crippen LogP contribution in [0.3, 0.4) is 0 Å². The third-order valence-electron chi connectivity index (χ3n) is 4.82. The molecule has 2 rings (SSSR count). The fourth-order valence-corrected chi connectivity index (χ4v) is 3.04. The predicted octanol–water partition coefficient (Wildman–Crippen LogP) is 3.38. The zero-order chi connectivity index (χ0) is 21.8. The van der Waals surface area contributed by atoms with Crippen molar-refractivity contribution in [1.82, 2.24) is 10.6 Å². The second kappa shape index (κ2) is 12.8. The van der Waals surface area contributed by atoms with Crippen LogP contribution in [-0.4, -0.2) is 54.0 Å². The largest absolute Gasteiger partial charge is 0.491 e. The molecule has 6 heteroatoms. The first kappa shape index (κ1) is 23.5. The lowest BCUT2D eigenvalue weighted by Crippen LogP contribution is -2.37. The molecule has 2 aromatic carbocycles. The van der Waals surface area contributed by atoms with Crippen LogP contribution in [0.2, 0.25) is 0 Å². The second-order valence-electron chi connectivity index (χ2n) is 7.47. The van der Waals surface area contributed by atoms with Crippen molar-refractivity contribution in [2.24, 2.45) is 4.99 Å². The number of anilines is 1. The molecule has 6 nitrogen and oxygen atoms in total. The van der Waals surface area contributed by atoms with Crippen LogP contribution in [0.25, 0.3) is 0 Å². The average Bonchev–Trinajstić information content (AvgIpc) is 2.75. The number of nitrogens with one attached hydrogen (secondary N) is 2. The summed E-state index contributed by atoms with van der Waals surface area (Å²) in [5.74, 6) is 1.68. The molecule has 2 aromatic rings. The number of rotatable bonds is 11. The molecule has 0 aliphatic rings. The van der Waals surface area contributed by atoms with Gasteiger partial charge in [0.2, 0.25) is 0 Å². The number of hydrogen-bond acceptors (Lipinski definition) is 4. The molecule has 0 atom stereocenters. The molecule has 0 unspecified atom stereocenters. The maximum atomic E-state index is 5.87. The molecule has 30 heavy (non-hydrogen) atoms. The fourth-order valence-electron chi connectivity index (χ4n) is 3.04. The number of guanidine groups is 1. The third kappa shape index (κ3) is 7.95. The van der Waals surface area contributed by atoms with Crippen LogP contribution >= 0.6 is 0 Å². The van der Waals surface area contributed by atoms with Gasteiger partial charge in [-0.25, -0.2) is 0 Å². The highest BCUT2D eigenvalue weighted by molar-refractivity contribution is 5.79. The van der Waals surface area contributed by atoms with E-state index >= 15 is 0 Å². The summed E-state index contributed by atoms with van der Waals surface area (Å²) in [6.07, 6.45) is 2.07. The van der Waals surface area contributed by atoms with Gasteiger partial charge in [0, 0.05) is 52.6 Å². The molecular weight excluding hydrogens is 376 g/mol. The molecule has 0 saturated heterocycles. The van der Waals surface area contributed by atoms with Crippen molar-refractivity contribution in [2.75, 3.05) is 52.9 Å². The first-order valence-electron chi connectivity index (χ1n) is 10.5. The first-order valence-corrected chi connectivity index (χ1v) is 10.5. The molecular formula is C24H36N4O2. The van der Waals surface area contributed by atoms with Crippen molar-refractivity contribution in [3.63, 3.8) is 0 Å². The van der Waals surface area contributed by atoms with Crippen LogP contribution < -0.4 is 20.3 Å². The maximum Gasteiger partial charge on any atom is 0.191 e. The summed E-state index contributed by atoms with van der Waals surface area (Å²) in [6, 6.07) is 15.0. The lowest BCUT2D eigenvalue weighted by Gasteiger charge is -2.15. The lowest BCUT2D eigenvalue weighted by atomic mass is 10.1. The standard InChI is InChI=1S/C24H36N4O2/c1-19-8-11-21(23(17-19)30-16-15-29-5)18-27-24(25-2)26-14-6-7-20-9-12-22(13-10-20)28(3)4/h8-13,17H,6-7,14-16,18H2,1-5H3,(H2,25,26,27). The Morgan fingerprint density at radius 3 is 2.47 bits per heavy atom. The molecule has 0 bridgehead atoms. The lowest BCUT2D eigenvalue weighted by molar-refractivity contribution is 0.145. The number of aliphatic imine (C=N–C) groups is 1. The van der Waals surface area contributed by atoms with Crippen LogP contribution in [0, 0.1) is 6.92 Å². The van der Waals surface area contributed by atoms with E-state index in [2.05, 4.69) is 84.0 Å². The van der Waals surface area contributed by atoms with Crippen LogP contribution in [0.15, 0.2) is 47.5 Å². The summed E-state index contributed by atoms with van der Waals surface area (Å²) in [6.45, 7) is 4.68. The van der Waals surface area contributed by atoms with Gasteiger partial charge in [-0.3, -0.25) is 4.99 Å². The van der Waals surface area contributed by atoms with E-state index in [1.54, 1.807) is 14.2 Å². The highest BCUT2D eigenvalue weighted by Gasteiger charge is 2.06. The van der Waals surface area contributed by atoms with Gasteiger partial charge < -0.3 is 25.0 Å². The van der Waals surface area contributed by atoms with Gasteiger partial charge >= 0.3 is 0 Å². The van der Waals surface area contributed by atoms with Gasteiger partial charge in [-0.15, -0.1) is 0 Å². The molecule has 0 spiro atoms. The normalized spacial score (nSPS) is 11.3. The molecule has 0 aliphatic heterocycles. The van der Waals surface area contributed by atoms with Gasteiger partial charge in [-0.1, -0.05) is 24.3 Å². The smallest absolute Gasteiger partial charge is 0.191 e. The van der Waals surface area contributed by atoms with Crippen molar-refractivity contribution >= 4 is 11.6 Å². The van der Waals surface area contributed by atoms with E-state index < -0.39 is 0 Å². The number of nitrogens with zero attached hydrogens (tertiary/aromatic N) is 2. The Morgan fingerprint density at radius 2 is 1.80 bits per heavy atom. The van der Waals surface area contributed by atoms with Crippen molar-refractivity contribution < 1.29 is 9.47 Å². The van der Waals surface area contributed by atoms with Gasteiger partial charge in [-0.2, -0.15) is 0 Å². The number of ether oxygens (including phenoxy) is 2. The Balaban J connectivity index is 1.78. The van der Waals surface area contributed by atoms with E-state index in [0.717, 1.165) is 36.7 Å². The van der Waals surface area contributed by atoms with Crippen molar-refractivity contribution in [3.8, 4) is 5.75 Å². The summed E-state index contributed by atoms with van der Waals surface area (Å²) in [5.41, 5.74) is 4.85. The minimum absolute atomic E-state index is 0.537. The quantitative estimate of drug-likeness (QED) is 0.337. The minimum atomic E-state index is 0.537. The highest BCUT2D eigenvalue weighted by Crippen LogP contribution is 2.20. The SMILES string of the molecule is CN=C(NCCCc1ccc(N(C)C)cc1)NCc1ccc(C)cc1OCCOC. The zero-order valence-electron chi connectivity index (χ0n) is 19.0. The molecule has 0 saturated carbocycles. The molecule has 164 valence electrons. The van der Waals surface area contributed by atoms with Crippen molar-refractivity contribution in [2.45, 2.75) is 26.3 Å². The summed E-state index contributed by atoms with van der Waals surface area (Å²) >= 11 is 0. The fraction of sp³-hybridized carbons (Fsp3) is 0.458. The summed E-state index contributed by atoms with van der Waals surface area (Å²) in [5, 5.41) is 6.77. The average molecular weight is 413 g/mol. The van der Waals surface area contributed by atoms with E-state index in [4.69, 9.17) is 9.47 Å². The van der Waals surface area contributed by atoms with E-state index in [-0.39, 0.29) is 0 Å². The zero-order valence-corrected chi connectivity index (χ0v) is 19.0. The van der Waals surface area contributed by atoms with Crippen LogP contribution in [0.5, 0.6) is 5.75 Å². The van der Waals surface area contributed by atoms with Crippen molar-refractivity contribution in [3.05, 3.63) is 59.2 Å². The number of aryl methyl sites for hydroxylation is 2. The van der Waals surface area contributed by atoms with Gasteiger partial charge in [0.25, 0.3) is 0 Å². The molecule has 0 aromatic heterocycles. The van der Waals surface area contributed by atoms with Crippen molar-refractivity contribution in [1.29, 1.82) is 0 Å². The molecule has 0 aliphatic carbocycles. The maximum absolute atomic E-state index is 5.87. The van der Waals surface area contributed by atoms with E-state index in [0.29, 0.717) is 19.8 Å². The number of hydrogen-bond donors (Lipinski definition) is 2. The second-order valence-corrected chi connectivity index (χ2v) is 7.47. The van der Waals surface area contributed by atoms with Crippen LogP contribution in [-0.2, 0) is 17.7 Å². The van der Waals surface area contributed by atoms with Crippen LogP contribution in [0.1, 0.15) is 23.1 Å². The van der Waals surface area contributed by atoms with E-state index in [1.807, 2.05) is 0 Å². The molecule has 0 fully saturated rings. The Bertz CT molecular complexity index is 788. The Hall–Kier alpha value is -2.73. The topological polar surface area (TPSA) is 58.1 Å². The Morgan fingerprint density at radius 1 is 1.03 bits per heavy atom. The van der Waals surface area contributed by atoms with Gasteiger partial charge in [0.15, 0.2) is 5.96 Å². The summed E-state index contributed by atoms with van der Waals surface area (Å²) in [7, 11) is 7.59. The monoisotopic (exact) mass is 412 g/mol. The minimum Gasteiger partial charge on any atom is -0.491 e. The van der Waals surface area contributed by atoms with Crippen LogP contribution in [0.4, 0.5) is 5.69 Å².